The lowest BCUT2D eigenvalue weighted by Gasteiger charge is -2.34. The van der Waals surface area contributed by atoms with Crippen LogP contribution < -0.4 is 9.47 Å². The highest BCUT2D eigenvalue weighted by atomic mass is 32.2. The molecule has 2 heterocycles. The molecule has 0 radical (unpaired) electrons. The average molecular weight is 432 g/mol. The molecule has 4 rings (SSSR count). The van der Waals surface area contributed by atoms with Gasteiger partial charge in [0.15, 0.2) is 11.5 Å². The van der Waals surface area contributed by atoms with Crippen molar-refractivity contribution in [2.45, 2.75) is 18.4 Å². The van der Waals surface area contributed by atoms with E-state index in [4.69, 9.17) is 14.2 Å². The van der Waals surface area contributed by atoms with E-state index in [9.17, 15) is 13.2 Å². The van der Waals surface area contributed by atoms with Crippen LogP contribution in [0, 0.1) is 6.92 Å². The van der Waals surface area contributed by atoms with Crippen molar-refractivity contribution in [1.29, 1.82) is 0 Å². The lowest BCUT2D eigenvalue weighted by atomic mass is 10.1. The molecule has 2 aromatic rings. The Morgan fingerprint density at radius 2 is 1.77 bits per heavy atom. The molecule has 2 aliphatic rings. The summed E-state index contributed by atoms with van der Waals surface area (Å²) in [6, 6.07) is 10.4. The molecule has 1 saturated heterocycles. The maximum absolute atomic E-state index is 13.1. The zero-order valence-electron chi connectivity index (χ0n) is 17.0. The average Bonchev–Trinajstić information content (AvgIpc) is 3.21. The van der Waals surface area contributed by atoms with Crippen molar-refractivity contribution >= 4 is 16.0 Å². The smallest absolute Gasteiger partial charge is 0.338 e. The molecule has 0 spiro atoms. The summed E-state index contributed by atoms with van der Waals surface area (Å²) in [7, 11) is -2.40. The monoisotopic (exact) mass is 432 g/mol. The molecule has 0 bridgehead atoms. The van der Waals surface area contributed by atoms with Crippen LogP contribution in [0.3, 0.4) is 0 Å². The number of carbonyl (C=O) groups is 1. The lowest BCUT2D eigenvalue weighted by Crippen LogP contribution is -2.48. The zero-order chi connectivity index (χ0) is 21.3. The fraction of sp³-hybridized carbons (Fsp3) is 0.381. The highest BCUT2D eigenvalue weighted by Gasteiger charge is 2.29. The van der Waals surface area contributed by atoms with Gasteiger partial charge in [-0.2, -0.15) is 4.31 Å². The minimum Gasteiger partial charge on any atom is -0.465 e. The Labute approximate surface area is 176 Å². The molecule has 2 aromatic carbocycles. The number of sulfonamides is 1. The number of rotatable bonds is 5. The summed E-state index contributed by atoms with van der Waals surface area (Å²) >= 11 is 0. The molecular formula is C21H24N2O6S. The van der Waals surface area contributed by atoms with Gasteiger partial charge in [-0.05, 0) is 42.3 Å². The van der Waals surface area contributed by atoms with Gasteiger partial charge in [0.1, 0.15) is 0 Å². The molecule has 0 N–H and O–H groups in total. The van der Waals surface area contributed by atoms with Crippen LogP contribution in [0.5, 0.6) is 11.5 Å². The first-order chi connectivity index (χ1) is 14.4. The molecular weight excluding hydrogens is 408 g/mol. The number of piperazine rings is 1. The number of fused-ring (bicyclic) bond motifs is 1. The Balaban J connectivity index is 1.42. The fourth-order valence-electron chi connectivity index (χ4n) is 3.67. The van der Waals surface area contributed by atoms with Crippen LogP contribution >= 0.6 is 0 Å². The summed E-state index contributed by atoms with van der Waals surface area (Å²) in [6.45, 7) is 4.69. The van der Waals surface area contributed by atoms with Crippen molar-refractivity contribution in [1.82, 2.24) is 9.21 Å². The van der Waals surface area contributed by atoms with Crippen LogP contribution in [0.1, 0.15) is 21.5 Å². The third-order valence-electron chi connectivity index (χ3n) is 5.43. The number of ether oxygens (including phenoxy) is 3. The van der Waals surface area contributed by atoms with Crippen molar-refractivity contribution in [2.75, 3.05) is 40.1 Å². The predicted molar refractivity (Wildman–Crippen MR) is 109 cm³/mol. The molecule has 9 heteroatoms. The molecule has 1 fully saturated rings. The van der Waals surface area contributed by atoms with Crippen molar-refractivity contribution in [2.24, 2.45) is 0 Å². The van der Waals surface area contributed by atoms with Gasteiger partial charge in [0, 0.05) is 32.7 Å². The van der Waals surface area contributed by atoms with Crippen LogP contribution in [0.25, 0.3) is 0 Å². The van der Waals surface area contributed by atoms with E-state index in [1.165, 1.54) is 23.5 Å². The molecule has 0 atom stereocenters. The quantitative estimate of drug-likeness (QED) is 0.668. The van der Waals surface area contributed by atoms with Gasteiger partial charge < -0.3 is 14.2 Å². The second-order valence-electron chi connectivity index (χ2n) is 7.34. The summed E-state index contributed by atoms with van der Waals surface area (Å²) < 4.78 is 43.1. The minimum absolute atomic E-state index is 0.109. The molecule has 8 nitrogen and oxygen atoms in total. The van der Waals surface area contributed by atoms with E-state index in [2.05, 4.69) is 4.90 Å². The molecule has 2 aliphatic heterocycles. The number of carbonyl (C=O) groups excluding carboxylic acids is 1. The van der Waals surface area contributed by atoms with E-state index in [-0.39, 0.29) is 17.3 Å². The second kappa shape index (κ2) is 8.25. The van der Waals surface area contributed by atoms with Gasteiger partial charge in [-0.1, -0.05) is 12.1 Å². The summed E-state index contributed by atoms with van der Waals surface area (Å²) in [4.78, 5) is 14.2. The van der Waals surface area contributed by atoms with Crippen LogP contribution in [0.15, 0.2) is 41.3 Å². The number of methoxy groups -OCH3 is 1. The van der Waals surface area contributed by atoms with Gasteiger partial charge in [0.25, 0.3) is 0 Å². The highest BCUT2D eigenvalue weighted by molar-refractivity contribution is 7.89. The third kappa shape index (κ3) is 4.00. The normalized spacial score (nSPS) is 17.1. The van der Waals surface area contributed by atoms with Gasteiger partial charge in [-0.25, -0.2) is 13.2 Å². The molecule has 0 amide bonds. The molecule has 0 saturated carbocycles. The first-order valence-electron chi connectivity index (χ1n) is 9.68. The van der Waals surface area contributed by atoms with Crippen LogP contribution in [-0.2, 0) is 21.3 Å². The Bertz CT molecular complexity index is 1060. The van der Waals surface area contributed by atoms with Crippen molar-refractivity contribution in [3.8, 4) is 11.5 Å². The van der Waals surface area contributed by atoms with E-state index < -0.39 is 16.0 Å². The predicted octanol–water partition coefficient (Wildman–Crippen LogP) is 2.02. The Morgan fingerprint density at radius 3 is 2.50 bits per heavy atom. The Morgan fingerprint density at radius 1 is 1.03 bits per heavy atom. The maximum atomic E-state index is 13.1. The first-order valence-corrected chi connectivity index (χ1v) is 11.1. The zero-order valence-corrected chi connectivity index (χ0v) is 17.8. The van der Waals surface area contributed by atoms with Crippen LogP contribution in [0.4, 0.5) is 0 Å². The molecule has 0 unspecified atom stereocenters. The van der Waals surface area contributed by atoms with E-state index in [0.29, 0.717) is 38.3 Å². The summed E-state index contributed by atoms with van der Waals surface area (Å²) in [5.41, 5.74) is 2.03. The van der Waals surface area contributed by atoms with Crippen LogP contribution in [0.2, 0.25) is 0 Å². The van der Waals surface area contributed by atoms with Gasteiger partial charge in [-0.15, -0.1) is 0 Å². The topological polar surface area (TPSA) is 85.4 Å². The van der Waals surface area contributed by atoms with Crippen molar-refractivity contribution < 1.29 is 27.4 Å². The number of nitrogens with zero attached hydrogens (tertiary/aromatic N) is 2. The molecule has 160 valence electrons. The largest absolute Gasteiger partial charge is 0.465 e. The minimum atomic E-state index is -3.68. The standard InChI is InChI=1S/C21H24N2O6S/c1-15-3-5-17(12-18(15)21(24)27-2)30(25,26)23-9-7-22(8-10-23)13-16-4-6-19-20(11-16)29-14-28-19/h3-6,11-12H,7-10,13-14H2,1-2H3. The highest BCUT2D eigenvalue weighted by Crippen LogP contribution is 2.33. The molecule has 0 aromatic heterocycles. The summed E-state index contributed by atoms with van der Waals surface area (Å²) in [5, 5.41) is 0. The lowest BCUT2D eigenvalue weighted by molar-refractivity contribution is 0.0599. The number of benzene rings is 2. The van der Waals surface area contributed by atoms with Crippen LogP contribution in [-0.4, -0.2) is 63.7 Å². The number of hydrogen-bond donors (Lipinski definition) is 0. The summed E-state index contributed by atoms with van der Waals surface area (Å²) in [5.74, 6) is 0.951. The number of esters is 1. The second-order valence-corrected chi connectivity index (χ2v) is 9.27. The van der Waals surface area contributed by atoms with E-state index in [1.807, 2.05) is 18.2 Å². The summed E-state index contributed by atoms with van der Waals surface area (Å²) in [6.07, 6.45) is 0. The fourth-order valence-corrected chi connectivity index (χ4v) is 5.11. The third-order valence-corrected chi connectivity index (χ3v) is 7.32. The number of hydrogen-bond acceptors (Lipinski definition) is 7. The number of aryl methyl sites for hydroxylation is 1. The molecule has 30 heavy (non-hydrogen) atoms. The SMILES string of the molecule is COC(=O)c1cc(S(=O)(=O)N2CCN(Cc3ccc4c(c3)OCO4)CC2)ccc1C. The van der Waals surface area contributed by atoms with Gasteiger partial charge >= 0.3 is 5.97 Å². The Kier molecular flexibility index (Phi) is 5.68. The van der Waals surface area contributed by atoms with E-state index >= 15 is 0 Å². The van der Waals surface area contributed by atoms with E-state index in [1.54, 1.807) is 13.0 Å². The maximum Gasteiger partial charge on any atom is 0.338 e. The van der Waals surface area contributed by atoms with Crippen molar-refractivity contribution in [3.05, 3.63) is 53.1 Å². The Hall–Kier alpha value is -2.62. The van der Waals surface area contributed by atoms with Gasteiger partial charge in [0.05, 0.1) is 17.6 Å². The van der Waals surface area contributed by atoms with Crippen molar-refractivity contribution in [3.63, 3.8) is 0 Å². The first kappa shape index (κ1) is 20.6. The van der Waals surface area contributed by atoms with Gasteiger partial charge in [0.2, 0.25) is 16.8 Å². The van der Waals surface area contributed by atoms with E-state index in [0.717, 1.165) is 17.1 Å². The van der Waals surface area contributed by atoms with Gasteiger partial charge in [-0.3, -0.25) is 4.90 Å². The molecule has 0 aliphatic carbocycles.